The summed E-state index contributed by atoms with van der Waals surface area (Å²) < 4.78 is 7.39. The highest BCUT2D eigenvalue weighted by Crippen LogP contribution is 2.29. The van der Waals surface area contributed by atoms with Gasteiger partial charge in [-0.05, 0) is 29.2 Å². The van der Waals surface area contributed by atoms with Crippen LogP contribution in [0, 0.1) is 5.92 Å². The average molecular weight is 271 g/mol. The average Bonchev–Trinajstić information content (AvgIpc) is 3.05. The predicted molar refractivity (Wildman–Crippen MR) is 70.4 cm³/mol. The molecule has 0 amide bonds. The normalized spacial score (nSPS) is 15.5. The fourth-order valence-electron chi connectivity index (χ4n) is 1.49. The molecule has 102 valence electrons. The lowest BCUT2D eigenvalue weighted by Gasteiger charge is -2.08. The van der Waals surface area contributed by atoms with Crippen LogP contribution in [0.15, 0.2) is 5.16 Å². The van der Waals surface area contributed by atoms with E-state index < -0.39 is 0 Å². The first-order valence-corrected chi connectivity index (χ1v) is 7.44. The number of ether oxygens (including phenoxy) is 1. The summed E-state index contributed by atoms with van der Waals surface area (Å²) >= 11 is 1.56. The van der Waals surface area contributed by atoms with E-state index in [4.69, 9.17) is 4.74 Å². The molecule has 1 aliphatic carbocycles. The molecule has 0 spiro atoms. The molecule has 6 nitrogen and oxygen atoms in total. The smallest absolute Gasteiger partial charge is 0.211 e. The van der Waals surface area contributed by atoms with Crippen LogP contribution in [-0.4, -0.2) is 45.3 Å². The van der Waals surface area contributed by atoms with Gasteiger partial charge in [-0.1, -0.05) is 25.6 Å². The van der Waals surface area contributed by atoms with Crippen molar-refractivity contribution in [3.8, 4) is 0 Å². The number of hydrogen-bond donors (Lipinski definition) is 1. The van der Waals surface area contributed by atoms with E-state index in [-0.39, 0.29) is 0 Å². The van der Waals surface area contributed by atoms with Gasteiger partial charge in [-0.3, -0.25) is 0 Å². The van der Waals surface area contributed by atoms with Crippen molar-refractivity contribution in [3.05, 3.63) is 0 Å². The zero-order valence-electron chi connectivity index (χ0n) is 11.0. The van der Waals surface area contributed by atoms with Crippen LogP contribution in [0.1, 0.15) is 26.7 Å². The highest BCUT2D eigenvalue weighted by atomic mass is 32.2. The molecule has 1 fully saturated rings. The maximum atomic E-state index is 5.57. The van der Waals surface area contributed by atoms with Crippen molar-refractivity contribution in [2.24, 2.45) is 5.92 Å². The first-order valence-electron chi connectivity index (χ1n) is 6.46. The standard InChI is InChI=1S/C11H21N5OS/c1-9(2)12-5-6-16-11(13-14-15-16)18-8-17-7-10-3-4-10/h9-10,12H,3-8H2,1-2H3. The Kier molecular flexibility index (Phi) is 5.40. The molecule has 18 heavy (non-hydrogen) atoms. The van der Waals surface area contributed by atoms with E-state index >= 15 is 0 Å². The Morgan fingerprint density at radius 2 is 2.33 bits per heavy atom. The summed E-state index contributed by atoms with van der Waals surface area (Å²) in [5.74, 6) is 1.44. The molecule has 1 aliphatic rings. The number of rotatable bonds is 9. The first-order chi connectivity index (χ1) is 8.75. The third-order valence-corrected chi connectivity index (χ3v) is 3.53. The zero-order valence-corrected chi connectivity index (χ0v) is 11.8. The topological polar surface area (TPSA) is 64.9 Å². The van der Waals surface area contributed by atoms with Crippen LogP contribution < -0.4 is 5.32 Å². The van der Waals surface area contributed by atoms with Gasteiger partial charge in [-0.2, -0.15) is 0 Å². The minimum absolute atomic E-state index is 0.486. The summed E-state index contributed by atoms with van der Waals surface area (Å²) in [4.78, 5) is 0. The molecule has 7 heteroatoms. The van der Waals surface area contributed by atoms with Gasteiger partial charge in [0.05, 0.1) is 19.1 Å². The molecule has 1 aromatic rings. The van der Waals surface area contributed by atoms with E-state index in [9.17, 15) is 0 Å². The van der Waals surface area contributed by atoms with Crippen LogP contribution >= 0.6 is 11.8 Å². The van der Waals surface area contributed by atoms with Gasteiger partial charge in [0.25, 0.3) is 0 Å². The lowest BCUT2D eigenvalue weighted by molar-refractivity contribution is 0.170. The Balaban J connectivity index is 1.65. The monoisotopic (exact) mass is 271 g/mol. The molecule has 0 saturated heterocycles. The van der Waals surface area contributed by atoms with Gasteiger partial charge >= 0.3 is 0 Å². The minimum Gasteiger partial charge on any atom is -0.370 e. The van der Waals surface area contributed by atoms with Crippen LogP contribution in [0.3, 0.4) is 0 Å². The summed E-state index contributed by atoms with van der Waals surface area (Å²) in [6.07, 6.45) is 2.65. The molecule has 0 atom stereocenters. The molecule has 0 aliphatic heterocycles. The largest absolute Gasteiger partial charge is 0.370 e. The highest BCUT2D eigenvalue weighted by Gasteiger charge is 2.21. The van der Waals surface area contributed by atoms with Crippen molar-refractivity contribution >= 4 is 11.8 Å². The van der Waals surface area contributed by atoms with Crippen LogP contribution in [0.4, 0.5) is 0 Å². The van der Waals surface area contributed by atoms with Crippen LogP contribution in [0.2, 0.25) is 0 Å². The SMILES string of the molecule is CC(C)NCCn1nnnc1SCOCC1CC1. The van der Waals surface area contributed by atoms with E-state index in [1.165, 1.54) is 12.8 Å². The van der Waals surface area contributed by atoms with E-state index in [0.29, 0.717) is 12.0 Å². The van der Waals surface area contributed by atoms with Crippen molar-refractivity contribution in [1.82, 2.24) is 25.5 Å². The van der Waals surface area contributed by atoms with Crippen LogP contribution in [0.25, 0.3) is 0 Å². The highest BCUT2D eigenvalue weighted by molar-refractivity contribution is 7.99. The summed E-state index contributed by atoms with van der Waals surface area (Å²) in [6.45, 7) is 6.79. The van der Waals surface area contributed by atoms with Gasteiger partial charge in [-0.25, -0.2) is 4.68 Å². The Labute approximate surface area is 112 Å². The van der Waals surface area contributed by atoms with Gasteiger partial charge in [0.2, 0.25) is 5.16 Å². The number of thioether (sulfide) groups is 1. The number of tetrazole rings is 1. The third-order valence-electron chi connectivity index (χ3n) is 2.70. The minimum atomic E-state index is 0.486. The van der Waals surface area contributed by atoms with Gasteiger partial charge in [0, 0.05) is 12.6 Å². The number of nitrogens with one attached hydrogen (secondary N) is 1. The van der Waals surface area contributed by atoms with Crippen molar-refractivity contribution in [1.29, 1.82) is 0 Å². The van der Waals surface area contributed by atoms with Crippen molar-refractivity contribution in [2.45, 2.75) is 44.4 Å². The third kappa shape index (κ3) is 4.91. The second kappa shape index (κ2) is 7.06. The summed E-state index contributed by atoms with van der Waals surface area (Å²) in [6, 6.07) is 0.486. The van der Waals surface area contributed by atoms with Gasteiger partial charge in [0.15, 0.2) is 0 Å². The molecule has 1 aromatic heterocycles. The van der Waals surface area contributed by atoms with Gasteiger partial charge < -0.3 is 10.1 Å². The van der Waals surface area contributed by atoms with Gasteiger partial charge in [0.1, 0.15) is 0 Å². The lowest BCUT2D eigenvalue weighted by Crippen LogP contribution is -2.27. The second-order valence-corrected chi connectivity index (χ2v) is 5.76. The molecule has 1 N–H and O–H groups in total. The molecule has 0 unspecified atom stereocenters. The Morgan fingerprint density at radius 3 is 3.06 bits per heavy atom. The fourth-order valence-corrected chi connectivity index (χ4v) is 2.15. The molecule has 1 heterocycles. The predicted octanol–water partition coefficient (Wildman–Crippen LogP) is 1.15. The van der Waals surface area contributed by atoms with E-state index in [1.807, 2.05) is 4.68 Å². The van der Waals surface area contributed by atoms with Gasteiger partial charge in [-0.15, -0.1) is 5.10 Å². The fraction of sp³-hybridized carbons (Fsp3) is 0.909. The molecular weight excluding hydrogens is 250 g/mol. The summed E-state index contributed by atoms with van der Waals surface area (Å²) in [7, 11) is 0. The molecule has 2 rings (SSSR count). The van der Waals surface area contributed by atoms with E-state index in [2.05, 4.69) is 34.7 Å². The summed E-state index contributed by atoms with van der Waals surface area (Å²) in [5, 5.41) is 15.9. The number of nitrogens with zero attached hydrogens (tertiary/aromatic N) is 4. The Morgan fingerprint density at radius 1 is 1.50 bits per heavy atom. The molecule has 0 bridgehead atoms. The molecular formula is C11H21N5OS. The Hall–Kier alpha value is -0.660. The van der Waals surface area contributed by atoms with Crippen molar-refractivity contribution in [3.63, 3.8) is 0 Å². The maximum Gasteiger partial charge on any atom is 0.211 e. The maximum absolute atomic E-state index is 5.57. The van der Waals surface area contributed by atoms with Crippen LogP contribution in [-0.2, 0) is 11.3 Å². The quantitative estimate of drug-likeness (QED) is 0.413. The first kappa shape index (κ1) is 13.8. The number of aromatic nitrogens is 4. The summed E-state index contributed by atoms with van der Waals surface area (Å²) in [5.41, 5.74) is 0. The molecule has 0 radical (unpaired) electrons. The zero-order chi connectivity index (χ0) is 12.8. The molecule has 0 aromatic carbocycles. The van der Waals surface area contributed by atoms with Crippen molar-refractivity contribution in [2.75, 3.05) is 19.1 Å². The number of hydrogen-bond acceptors (Lipinski definition) is 6. The van der Waals surface area contributed by atoms with E-state index in [0.717, 1.165) is 30.8 Å². The lowest BCUT2D eigenvalue weighted by atomic mass is 10.4. The second-order valence-electron chi connectivity index (χ2n) is 4.87. The molecule has 1 saturated carbocycles. The van der Waals surface area contributed by atoms with E-state index in [1.54, 1.807) is 11.8 Å². The van der Waals surface area contributed by atoms with Crippen LogP contribution in [0.5, 0.6) is 0 Å². The van der Waals surface area contributed by atoms with Crippen molar-refractivity contribution < 1.29 is 4.74 Å². The Bertz CT molecular complexity index is 353.